The SMILES string of the molecule is O=S(=O)(c1cc(F)cc(C(F)(F)F)c1)N1CCOc2ccc(-c3cc(O)cc(F)c3)cc21. The maximum atomic E-state index is 13.8. The number of benzene rings is 3. The number of phenolic OH excluding ortho intramolecular Hbond substituents is 1. The van der Waals surface area contributed by atoms with Crippen molar-refractivity contribution in [3.63, 3.8) is 0 Å². The molecule has 1 N–H and O–H groups in total. The molecule has 0 unspecified atom stereocenters. The molecule has 0 bridgehead atoms. The minimum Gasteiger partial charge on any atom is -0.508 e. The van der Waals surface area contributed by atoms with Crippen LogP contribution < -0.4 is 9.04 Å². The Morgan fingerprint density at radius 2 is 1.62 bits per heavy atom. The molecule has 0 saturated carbocycles. The molecule has 4 rings (SSSR count). The number of nitrogens with zero attached hydrogens (tertiary/aromatic N) is 1. The number of phenols is 1. The van der Waals surface area contributed by atoms with Crippen LogP contribution in [0.3, 0.4) is 0 Å². The number of anilines is 1. The lowest BCUT2D eigenvalue weighted by Gasteiger charge is -2.31. The minimum absolute atomic E-state index is 0.0182. The zero-order valence-electron chi connectivity index (χ0n) is 16.0. The van der Waals surface area contributed by atoms with Gasteiger partial charge in [0.05, 0.1) is 22.7 Å². The summed E-state index contributed by atoms with van der Waals surface area (Å²) in [5.41, 5.74) is -0.901. The lowest BCUT2D eigenvalue weighted by Crippen LogP contribution is -2.38. The van der Waals surface area contributed by atoms with Crippen LogP contribution in [0.4, 0.5) is 27.6 Å². The Balaban J connectivity index is 1.83. The molecule has 0 fully saturated rings. The zero-order valence-corrected chi connectivity index (χ0v) is 16.8. The summed E-state index contributed by atoms with van der Waals surface area (Å²) in [6.45, 7) is -0.334. The number of rotatable bonds is 3. The fourth-order valence-electron chi connectivity index (χ4n) is 3.37. The molecule has 3 aromatic carbocycles. The number of hydrogen-bond acceptors (Lipinski definition) is 4. The van der Waals surface area contributed by atoms with E-state index in [0.717, 1.165) is 16.4 Å². The molecule has 0 amide bonds. The Morgan fingerprint density at radius 1 is 0.906 bits per heavy atom. The second-order valence-corrected chi connectivity index (χ2v) is 8.84. The first-order chi connectivity index (χ1) is 14.9. The van der Waals surface area contributed by atoms with Crippen molar-refractivity contribution < 1.29 is 40.2 Å². The fourth-order valence-corrected chi connectivity index (χ4v) is 4.87. The number of aromatic hydroxyl groups is 1. The first-order valence-corrected chi connectivity index (χ1v) is 10.6. The summed E-state index contributed by atoms with van der Waals surface area (Å²) in [6.07, 6.45) is -4.94. The van der Waals surface area contributed by atoms with Crippen molar-refractivity contribution in [1.82, 2.24) is 0 Å². The summed E-state index contributed by atoms with van der Waals surface area (Å²) in [6, 6.07) is 8.61. The average Bonchev–Trinajstić information content (AvgIpc) is 2.71. The van der Waals surface area contributed by atoms with Crippen molar-refractivity contribution in [2.24, 2.45) is 0 Å². The zero-order chi connectivity index (χ0) is 23.3. The monoisotopic (exact) mass is 471 g/mol. The van der Waals surface area contributed by atoms with Crippen LogP contribution in [0.1, 0.15) is 5.56 Å². The van der Waals surface area contributed by atoms with Crippen molar-refractivity contribution in [3.8, 4) is 22.6 Å². The van der Waals surface area contributed by atoms with Gasteiger partial charge in [0.25, 0.3) is 10.0 Å². The van der Waals surface area contributed by atoms with Gasteiger partial charge < -0.3 is 9.84 Å². The Bertz CT molecular complexity index is 1290. The lowest BCUT2D eigenvalue weighted by atomic mass is 10.0. The van der Waals surface area contributed by atoms with E-state index in [-0.39, 0.29) is 42.0 Å². The van der Waals surface area contributed by atoms with E-state index < -0.39 is 38.3 Å². The third-order valence-electron chi connectivity index (χ3n) is 4.78. The number of hydrogen-bond donors (Lipinski definition) is 1. The second kappa shape index (κ2) is 7.66. The van der Waals surface area contributed by atoms with Gasteiger partial charge in [0.2, 0.25) is 0 Å². The summed E-state index contributed by atoms with van der Waals surface area (Å²) in [5.74, 6) is -2.30. The number of sulfonamides is 1. The fraction of sp³-hybridized carbons (Fsp3) is 0.143. The van der Waals surface area contributed by atoms with Crippen LogP contribution in [0.5, 0.6) is 11.5 Å². The largest absolute Gasteiger partial charge is 0.508 e. The minimum atomic E-state index is -4.94. The lowest BCUT2D eigenvalue weighted by molar-refractivity contribution is -0.137. The molecule has 11 heteroatoms. The van der Waals surface area contributed by atoms with Crippen molar-refractivity contribution >= 4 is 15.7 Å². The third-order valence-corrected chi connectivity index (χ3v) is 6.57. The highest BCUT2D eigenvalue weighted by Crippen LogP contribution is 2.40. The molecule has 0 aromatic heterocycles. The summed E-state index contributed by atoms with van der Waals surface area (Å²) in [4.78, 5) is -0.869. The molecule has 1 heterocycles. The summed E-state index contributed by atoms with van der Waals surface area (Å²) in [7, 11) is -4.61. The number of halogens is 5. The molecular weight excluding hydrogens is 457 g/mol. The molecule has 32 heavy (non-hydrogen) atoms. The predicted octanol–water partition coefficient (Wildman–Crippen LogP) is 4.94. The Morgan fingerprint density at radius 3 is 2.31 bits per heavy atom. The first-order valence-electron chi connectivity index (χ1n) is 9.12. The number of ether oxygens (including phenoxy) is 1. The smallest absolute Gasteiger partial charge is 0.416 e. The molecule has 0 radical (unpaired) electrons. The van der Waals surface area contributed by atoms with Gasteiger partial charge in [-0.25, -0.2) is 17.2 Å². The van der Waals surface area contributed by atoms with Crippen LogP contribution >= 0.6 is 0 Å². The number of alkyl halides is 3. The molecule has 168 valence electrons. The Kier molecular flexibility index (Phi) is 5.24. The quantitative estimate of drug-likeness (QED) is 0.550. The van der Waals surface area contributed by atoms with E-state index in [1.807, 2.05) is 0 Å². The van der Waals surface area contributed by atoms with E-state index in [1.54, 1.807) is 0 Å². The molecule has 5 nitrogen and oxygen atoms in total. The van der Waals surface area contributed by atoms with E-state index in [2.05, 4.69) is 0 Å². The molecule has 3 aromatic rings. The highest BCUT2D eigenvalue weighted by molar-refractivity contribution is 7.92. The molecular formula is C21H14F5NO4S. The standard InChI is InChI=1S/C21H14F5NO4S/c22-15-5-13(6-17(28)10-15)12-1-2-20-19(7-12)27(3-4-31-20)32(29,30)18-9-14(21(24,25)26)8-16(23)11-18/h1-2,5-11,28H,3-4H2. The first kappa shape index (κ1) is 21.9. The topological polar surface area (TPSA) is 66.8 Å². The van der Waals surface area contributed by atoms with Crippen molar-refractivity contribution in [3.05, 3.63) is 71.8 Å². The summed E-state index contributed by atoms with van der Waals surface area (Å²) < 4.78 is 99.4. The highest BCUT2D eigenvalue weighted by Gasteiger charge is 2.35. The Hall–Kier alpha value is -3.34. The number of fused-ring (bicyclic) bond motifs is 1. The maximum absolute atomic E-state index is 13.8. The van der Waals surface area contributed by atoms with Gasteiger partial charge >= 0.3 is 6.18 Å². The van der Waals surface area contributed by atoms with E-state index in [1.165, 1.54) is 24.3 Å². The molecule has 0 aliphatic carbocycles. The van der Waals surface area contributed by atoms with Gasteiger partial charge in [-0.1, -0.05) is 6.07 Å². The van der Waals surface area contributed by atoms with Crippen molar-refractivity contribution in [2.45, 2.75) is 11.1 Å². The van der Waals surface area contributed by atoms with Gasteiger partial charge in [0.1, 0.15) is 29.7 Å². The second-order valence-electron chi connectivity index (χ2n) is 6.98. The van der Waals surface area contributed by atoms with Crippen LogP contribution in [-0.2, 0) is 16.2 Å². The van der Waals surface area contributed by atoms with Crippen molar-refractivity contribution in [1.29, 1.82) is 0 Å². The molecule has 0 spiro atoms. The van der Waals surface area contributed by atoms with Crippen LogP contribution in [0, 0.1) is 11.6 Å². The van der Waals surface area contributed by atoms with Gasteiger partial charge in [-0.3, -0.25) is 4.31 Å². The summed E-state index contributed by atoms with van der Waals surface area (Å²) >= 11 is 0. The molecule has 1 aliphatic heterocycles. The van der Waals surface area contributed by atoms with Gasteiger partial charge in [-0.15, -0.1) is 0 Å². The molecule has 0 saturated heterocycles. The van der Waals surface area contributed by atoms with Crippen LogP contribution in [-0.4, -0.2) is 26.7 Å². The summed E-state index contributed by atoms with van der Waals surface area (Å²) in [5, 5.41) is 9.64. The van der Waals surface area contributed by atoms with Crippen LogP contribution in [0.15, 0.2) is 59.5 Å². The maximum Gasteiger partial charge on any atom is 0.416 e. The molecule has 0 atom stereocenters. The average molecular weight is 471 g/mol. The van der Waals surface area contributed by atoms with Crippen LogP contribution in [0.2, 0.25) is 0 Å². The van der Waals surface area contributed by atoms with Crippen LogP contribution in [0.25, 0.3) is 11.1 Å². The predicted molar refractivity (Wildman–Crippen MR) is 105 cm³/mol. The Labute approximate surface area is 179 Å². The van der Waals surface area contributed by atoms with Crippen molar-refractivity contribution in [2.75, 3.05) is 17.5 Å². The van der Waals surface area contributed by atoms with Gasteiger partial charge in [0, 0.05) is 6.07 Å². The third kappa shape index (κ3) is 4.07. The van der Waals surface area contributed by atoms with E-state index in [4.69, 9.17) is 4.74 Å². The van der Waals surface area contributed by atoms with E-state index in [9.17, 15) is 35.5 Å². The van der Waals surface area contributed by atoms with E-state index >= 15 is 0 Å². The van der Waals surface area contributed by atoms with Gasteiger partial charge in [-0.2, -0.15) is 13.2 Å². The highest BCUT2D eigenvalue weighted by atomic mass is 32.2. The van der Waals surface area contributed by atoms with Gasteiger partial charge in [-0.05, 0) is 53.6 Å². The van der Waals surface area contributed by atoms with Gasteiger partial charge in [0.15, 0.2) is 0 Å². The molecule has 1 aliphatic rings. The normalized spacial score (nSPS) is 14.1. The van der Waals surface area contributed by atoms with E-state index in [0.29, 0.717) is 17.7 Å².